The first-order chi connectivity index (χ1) is 7.31. The molecule has 0 radical (unpaired) electrons. The summed E-state index contributed by atoms with van der Waals surface area (Å²) in [4.78, 5) is 6.63. The molecule has 1 saturated heterocycles. The monoisotopic (exact) mass is 205 g/mol. The Morgan fingerprint density at radius 2 is 2.47 bits per heavy atom. The van der Waals surface area contributed by atoms with Crippen molar-refractivity contribution in [1.82, 2.24) is 10.3 Å². The van der Waals surface area contributed by atoms with Crippen LogP contribution >= 0.6 is 0 Å². The molecule has 0 bridgehead atoms. The second-order valence-electron chi connectivity index (χ2n) is 4.23. The van der Waals surface area contributed by atoms with Gasteiger partial charge in [-0.1, -0.05) is 6.92 Å². The summed E-state index contributed by atoms with van der Waals surface area (Å²) in [6.07, 6.45) is 4.96. The number of rotatable bonds is 2. The Hall–Kier alpha value is -1.09. The van der Waals surface area contributed by atoms with Gasteiger partial charge in [0.25, 0.3) is 0 Å². The highest BCUT2D eigenvalue weighted by molar-refractivity contribution is 5.45. The van der Waals surface area contributed by atoms with E-state index in [2.05, 4.69) is 35.1 Å². The molecule has 2 rings (SSSR count). The Kier molecular flexibility index (Phi) is 3.21. The van der Waals surface area contributed by atoms with Crippen LogP contribution in [0.1, 0.15) is 20.3 Å². The van der Waals surface area contributed by atoms with Gasteiger partial charge in [0.1, 0.15) is 0 Å². The average Bonchev–Trinajstić information content (AvgIpc) is 2.31. The highest BCUT2D eigenvalue weighted by atomic mass is 15.2. The van der Waals surface area contributed by atoms with Crippen molar-refractivity contribution < 1.29 is 0 Å². The van der Waals surface area contributed by atoms with Crippen LogP contribution in [-0.2, 0) is 0 Å². The zero-order valence-corrected chi connectivity index (χ0v) is 9.48. The Labute approximate surface area is 91.5 Å². The van der Waals surface area contributed by atoms with Gasteiger partial charge in [-0.15, -0.1) is 0 Å². The highest BCUT2D eigenvalue weighted by Crippen LogP contribution is 2.18. The van der Waals surface area contributed by atoms with E-state index in [9.17, 15) is 0 Å². The Morgan fingerprint density at radius 1 is 1.60 bits per heavy atom. The van der Waals surface area contributed by atoms with Crippen molar-refractivity contribution >= 4 is 5.69 Å². The van der Waals surface area contributed by atoms with Crippen molar-refractivity contribution in [3.8, 4) is 0 Å². The zero-order valence-electron chi connectivity index (χ0n) is 9.48. The van der Waals surface area contributed by atoms with Crippen molar-refractivity contribution in [2.45, 2.75) is 32.4 Å². The van der Waals surface area contributed by atoms with Gasteiger partial charge < -0.3 is 10.2 Å². The van der Waals surface area contributed by atoms with Crippen molar-refractivity contribution in [1.29, 1.82) is 0 Å². The number of aromatic nitrogens is 1. The SMILES string of the molecule is CCC1CN(c2cccnc2)C(C)CN1. The molecular weight excluding hydrogens is 186 g/mol. The number of nitrogens with one attached hydrogen (secondary N) is 1. The van der Waals surface area contributed by atoms with Crippen LogP contribution in [0.15, 0.2) is 24.5 Å². The summed E-state index contributed by atoms with van der Waals surface area (Å²) in [7, 11) is 0. The maximum absolute atomic E-state index is 4.18. The van der Waals surface area contributed by atoms with Crippen LogP contribution < -0.4 is 10.2 Å². The van der Waals surface area contributed by atoms with Gasteiger partial charge in [-0.25, -0.2) is 0 Å². The molecule has 15 heavy (non-hydrogen) atoms. The first-order valence-corrected chi connectivity index (χ1v) is 5.71. The van der Waals surface area contributed by atoms with Gasteiger partial charge in [-0.05, 0) is 25.5 Å². The van der Waals surface area contributed by atoms with Crippen molar-refractivity contribution in [2.24, 2.45) is 0 Å². The molecule has 1 N–H and O–H groups in total. The van der Waals surface area contributed by atoms with E-state index >= 15 is 0 Å². The minimum atomic E-state index is 0.553. The molecule has 1 aliphatic heterocycles. The molecule has 0 saturated carbocycles. The fourth-order valence-corrected chi connectivity index (χ4v) is 2.09. The number of hydrogen-bond donors (Lipinski definition) is 1. The summed E-state index contributed by atoms with van der Waals surface area (Å²) in [5.41, 5.74) is 1.24. The fourth-order valence-electron chi connectivity index (χ4n) is 2.09. The molecule has 3 nitrogen and oxygen atoms in total. The molecule has 1 aliphatic rings. The molecule has 0 aliphatic carbocycles. The predicted octanol–water partition coefficient (Wildman–Crippen LogP) is 1.66. The van der Waals surface area contributed by atoms with Crippen LogP contribution in [0, 0.1) is 0 Å². The first-order valence-electron chi connectivity index (χ1n) is 5.71. The number of anilines is 1. The molecular formula is C12H19N3. The van der Waals surface area contributed by atoms with Gasteiger partial charge in [-0.3, -0.25) is 4.98 Å². The summed E-state index contributed by atoms with van der Waals surface area (Å²) in [6.45, 7) is 6.64. The van der Waals surface area contributed by atoms with Crippen LogP contribution in [0.2, 0.25) is 0 Å². The van der Waals surface area contributed by atoms with Crippen molar-refractivity contribution in [3.63, 3.8) is 0 Å². The Morgan fingerprint density at radius 3 is 3.13 bits per heavy atom. The summed E-state index contributed by atoms with van der Waals surface area (Å²) in [5, 5.41) is 3.56. The lowest BCUT2D eigenvalue weighted by molar-refractivity contribution is 0.397. The largest absolute Gasteiger partial charge is 0.365 e. The van der Waals surface area contributed by atoms with E-state index in [0.29, 0.717) is 12.1 Å². The minimum Gasteiger partial charge on any atom is -0.365 e. The number of nitrogens with zero attached hydrogens (tertiary/aromatic N) is 2. The van der Waals surface area contributed by atoms with E-state index in [-0.39, 0.29) is 0 Å². The van der Waals surface area contributed by atoms with E-state index in [1.807, 2.05) is 18.5 Å². The van der Waals surface area contributed by atoms with Crippen LogP contribution in [0.25, 0.3) is 0 Å². The summed E-state index contributed by atoms with van der Waals surface area (Å²) in [6, 6.07) is 5.31. The molecule has 0 aromatic carbocycles. The van der Waals surface area contributed by atoms with Gasteiger partial charge >= 0.3 is 0 Å². The molecule has 0 spiro atoms. The zero-order chi connectivity index (χ0) is 10.7. The standard InChI is InChI=1S/C12H19N3/c1-3-11-9-15(10(2)7-14-11)12-5-4-6-13-8-12/h4-6,8,10-11,14H,3,7,9H2,1-2H3. The molecule has 2 heterocycles. The molecule has 3 heteroatoms. The summed E-state index contributed by atoms with van der Waals surface area (Å²) >= 11 is 0. The van der Waals surface area contributed by atoms with Crippen LogP contribution in [0.4, 0.5) is 5.69 Å². The average molecular weight is 205 g/mol. The normalized spacial score (nSPS) is 26.7. The van der Waals surface area contributed by atoms with Gasteiger partial charge in [0.2, 0.25) is 0 Å². The lowest BCUT2D eigenvalue weighted by Gasteiger charge is -2.40. The summed E-state index contributed by atoms with van der Waals surface area (Å²) < 4.78 is 0. The molecule has 1 fully saturated rings. The minimum absolute atomic E-state index is 0.553. The topological polar surface area (TPSA) is 28.2 Å². The predicted molar refractivity (Wildman–Crippen MR) is 63.1 cm³/mol. The molecule has 0 amide bonds. The van der Waals surface area contributed by atoms with E-state index in [1.54, 1.807) is 0 Å². The summed E-state index contributed by atoms with van der Waals surface area (Å²) in [5.74, 6) is 0. The second kappa shape index (κ2) is 4.62. The lowest BCUT2D eigenvalue weighted by Crippen LogP contribution is -2.55. The number of pyridine rings is 1. The number of hydrogen-bond acceptors (Lipinski definition) is 3. The first kappa shape index (κ1) is 10.4. The highest BCUT2D eigenvalue weighted by Gasteiger charge is 2.23. The Balaban J connectivity index is 2.13. The smallest absolute Gasteiger partial charge is 0.0556 e. The van der Waals surface area contributed by atoms with Gasteiger partial charge in [0.15, 0.2) is 0 Å². The maximum Gasteiger partial charge on any atom is 0.0556 e. The second-order valence-corrected chi connectivity index (χ2v) is 4.23. The van der Waals surface area contributed by atoms with Crippen LogP contribution in [0.3, 0.4) is 0 Å². The van der Waals surface area contributed by atoms with Gasteiger partial charge in [0, 0.05) is 31.4 Å². The molecule has 2 unspecified atom stereocenters. The van der Waals surface area contributed by atoms with Gasteiger partial charge in [-0.2, -0.15) is 0 Å². The molecule has 1 aromatic heterocycles. The maximum atomic E-state index is 4.18. The fraction of sp³-hybridized carbons (Fsp3) is 0.583. The third kappa shape index (κ3) is 2.29. The third-order valence-electron chi connectivity index (χ3n) is 3.12. The van der Waals surface area contributed by atoms with Gasteiger partial charge in [0.05, 0.1) is 11.9 Å². The van der Waals surface area contributed by atoms with Crippen molar-refractivity contribution in [2.75, 3.05) is 18.0 Å². The van der Waals surface area contributed by atoms with Crippen LogP contribution in [0.5, 0.6) is 0 Å². The quantitative estimate of drug-likeness (QED) is 0.796. The molecule has 1 aromatic rings. The van der Waals surface area contributed by atoms with Crippen LogP contribution in [-0.4, -0.2) is 30.2 Å². The van der Waals surface area contributed by atoms with E-state index in [4.69, 9.17) is 0 Å². The Bertz CT molecular complexity index is 299. The van der Waals surface area contributed by atoms with Crippen molar-refractivity contribution in [3.05, 3.63) is 24.5 Å². The van der Waals surface area contributed by atoms with E-state index in [1.165, 1.54) is 12.1 Å². The molecule has 82 valence electrons. The third-order valence-corrected chi connectivity index (χ3v) is 3.12. The van der Waals surface area contributed by atoms with E-state index < -0.39 is 0 Å². The lowest BCUT2D eigenvalue weighted by atomic mass is 10.1. The number of piperazine rings is 1. The molecule has 2 atom stereocenters. The van der Waals surface area contributed by atoms with E-state index in [0.717, 1.165) is 13.1 Å².